The first-order chi connectivity index (χ1) is 10.6. The molecule has 0 saturated carbocycles. The highest BCUT2D eigenvalue weighted by atomic mass is 16.4. The number of nitrogens with one attached hydrogen (secondary N) is 1. The van der Waals surface area contributed by atoms with Crippen LogP contribution in [0.1, 0.15) is 40.5 Å². The SMILES string of the molecule is O=C(O)c1ccc(CN2CCCC2c2ccc(=O)[nH]n2)cc1. The van der Waals surface area contributed by atoms with E-state index >= 15 is 0 Å². The van der Waals surface area contributed by atoms with Gasteiger partial charge in [-0.2, -0.15) is 5.10 Å². The summed E-state index contributed by atoms with van der Waals surface area (Å²) in [5, 5.41) is 15.5. The second-order valence-corrected chi connectivity index (χ2v) is 5.48. The molecule has 0 radical (unpaired) electrons. The second kappa shape index (κ2) is 6.11. The van der Waals surface area contributed by atoms with E-state index in [1.165, 1.54) is 6.07 Å². The van der Waals surface area contributed by atoms with Gasteiger partial charge in [-0.25, -0.2) is 9.89 Å². The third-order valence-electron chi connectivity index (χ3n) is 3.99. The predicted octanol–water partition coefficient (Wildman–Crippen LogP) is 1.81. The number of rotatable bonds is 4. The molecule has 1 aliphatic rings. The smallest absolute Gasteiger partial charge is 0.335 e. The summed E-state index contributed by atoms with van der Waals surface area (Å²) < 4.78 is 0. The maximum Gasteiger partial charge on any atom is 0.335 e. The van der Waals surface area contributed by atoms with Crippen molar-refractivity contribution in [3.05, 3.63) is 63.6 Å². The molecule has 2 aromatic rings. The van der Waals surface area contributed by atoms with Gasteiger partial charge in [0.05, 0.1) is 17.3 Å². The van der Waals surface area contributed by atoms with Gasteiger partial charge in [0.2, 0.25) is 0 Å². The molecule has 0 amide bonds. The zero-order valence-electron chi connectivity index (χ0n) is 12.0. The molecular formula is C16H17N3O3. The van der Waals surface area contributed by atoms with E-state index in [1.54, 1.807) is 18.2 Å². The highest BCUT2D eigenvalue weighted by molar-refractivity contribution is 5.87. The van der Waals surface area contributed by atoms with Crippen molar-refractivity contribution in [2.45, 2.75) is 25.4 Å². The number of benzene rings is 1. The van der Waals surface area contributed by atoms with Crippen LogP contribution in [-0.4, -0.2) is 32.7 Å². The lowest BCUT2D eigenvalue weighted by atomic mass is 10.1. The number of hydrogen-bond donors (Lipinski definition) is 2. The number of H-pyrrole nitrogens is 1. The Kier molecular flexibility index (Phi) is 4.02. The van der Waals surface area contributed by atoms with E-state index in [9.17, 15) is 9.59 Å². The first-order valence-electron chi connectivity index (χ1n) is 7.25. The normalized spacial score (nSPS) is 18.5. The van der Waals surface area contributed by atoms with Gasteiger partial charge in [0.1, 0.15) is 0 Å². The van der Waals surface area contributed by atoms with Crippen LogP contribution in [-0.2, 0) is 6.54 Å². The van der Waals surface area contributed by atoms with Gasteiger partial charge in [-0.15, -0.1) is 0 Å². The van der Waals surface area contributed by atoms with E-state index in [1.807, 2.05) is 12.1 Å². The Morgan fingerprint density at radius 1 is 1.27 bits per heavy atom. The Bertz CT molecular complexity index is 704. The quantitative estimate of drug-likeness (QED) is 0.899. The molecule has 0 aliphatic carbocycles. The lowest BCUT2D eigenvalue weighted by molar-refractivity contribution is 0.0697. The van der Waals surface area contributed by atoms with Crippen LogP contribution >= 0.6 is 0 Å². The van der Waals surface area contributed by atoms with Crippen LogP contribution in [0.2, 0.25) is 0 Å². The summed E-state index contributed by atoms with van der Waals surface area (Å²) in [5.41, 5.74) is 2.04. The van der Waals surface area contributed by atoms with E-state index < -0.39 is 5.97 Å². The first kappa shape index (κ1) is 14.5. The second-order valence-electron chi connectivity index (χ2n) is 5.48. The van der Waals surface area contributed by atoms with Crippen molar-refractivity contribution in [1.29, 1.82) is 0 Å². The van der Waals surface area contributed by atoms with Gasteiger partial charge in [-0.3, -0.25) is 9.69 Å². The van der Waals surface area contributed by atoms with Gasteiger partial charge in [0.25, 0.3) is 5.56 Å². The third kappa shape index (κ3) is 3.07. The van der Waals surface area contributed by atoms with Crippen molar-refractivity contribution < 1.29 is 9.90 Å². The highest BCUT2D eigenvalue weighted by Gasteiger charge is 2.27. The van der Waals surface area contributed by atoms with E-state index in [0.717, 1.165) is 37.2 Å². The Morgan fingerprint density at radius 3 is 2.68 bits per heavy atom. The fraction of sp³-hybridized carbons (Fsp3) is 0.312. The van der Waals surface area contributed by atoms with Crippen LogP contribution in [0.5, 0.6) is 0 Å². The fourth-order valence-corrected chi connectivity index (χ4v) is 2.88. The molecule has 0 spiro atoms. The molecule has 1 aromatic carbocycles. The molecule has 1 aliphatic heterocycles. The molecule has 1 aromatic heterocycles. The van der Waals surface area contributed by atoms with Crippen molar-refractivity contribution >= 4 is 5.97 Å². The Hall–Kier alpha value is -2.47. The summed E-state index contributed by atoms with van der Waals surface area (Å²) in [6, 6.07) is 10.4. The number of carboxylic acids is 1. The summed E-state index contributed by atoms with van der Waals surface area (Å²) in [4.78, 5) is 24.3. The summed E-state index contributed by atoms with van der Waals surface area (Å²) >= 11 is 0. The van der Waals surface area contributed by atoms with Gasteiger partial charge < -0.3 is 5.11 Å². The number of likely N-dealkylation sites (tertiary alicyclic amines) is 1. The largest absolute Gasteiger partial charge is 0.478 e. The zero-order valence-corrected chi connectivity index (χ0v) is 12.0. The maximum absolute atomic E-state index is 11.1. The monoisotopic (exact) mass is 299 g/mol. The number of aromatic amines is 1. The van der Waals surface area contributed by atoms with Gasteiger partial charge in [-0.1, -0.05) is 12.1 Å². The standard InChI is InChI=1S/C16H17N3O3/c20-15-8-7-13(17-18-15)14-2-1-9-19(14)10-11-3-5-12(6-4-11)16(21)22/h3-8,14H,1-2,9-10H2,(H,18,20)(H,21,22). The van der Waals surface area contributed by atoms with E-state index in [-0.39, 0.29) is 11.6 Å². The summed E-state index contributed by atoms with van der Waals surface area (Å²) in [7, 11) is 0. The number of nitrogens with zero attached hydrogens (tertiary/aromatic N) is 2. The maximum atomic E-state index is 11.1. The summed E-state index contributed by atoms with van der Waals surface area (Å²) in [5.74, 6) is -0.914. The molecule has 2 N–H and O–H groups in total. The number of aromatic nitrogens is 2. The lowest BCUT2D eigenvalue weighted by Gasteiger charge is -2.23. The molecule has 6 heteroatoms. The Labute approximate surface area is 127 Å². The average molecular weight is 299 g/mol. The number of carbonyl (C=O) groups is 1. The molecule has 2 heterocycles. The molecule has 6 nitrogen and oxygen atoms in total. The minimum absolute atomic E-state index is 0.191. The van der Waals surface area contributed by atoms with Gasteiger partial charge in [0.15, 0.2) is 0 Å². The van der Waals surface area contributed by atoms with Crippen molar-refractivity contribution in [3.8, 4) is 0 Å². The molecular weight excluding hydrogens is 282 g/mol. The summed E-state index contributed by atoms with van der Waals surface area (Å²) in [6.07, 6.45) is 2.09. The highest BCUT2D eigenvalue weighted by Crippen LogP contribution is 2.31. The third-order valence-corrected chi connectivity index (χ3v) is 3.99. The van der Waals surface area contributed by atoms with Crippen molar-refractivity contribution in [2.75, 3.05) is 6.54 Å². The van der Waals surface area contributed by atoms with Crippen LogP contribution < -0.4 is 5.56 Å². The number of carboxylic acid groups (broad SMARTS) is 1. The van der Waals surface area contributed by atoms with Crippen molar-refractivity contribution in [2.24, 2.45) is 0 Å². The van der Waals surface area contributed by atoms with E-state index in [4.69, 9.17) is 5.11 Å². The average Bonchev–Trinajstić information content (AvgIpc) is 2.97. The Morgan fingerprint density at radius 2 is 2.05 bits per heavy atom. The molecule has 0 bridgehead atoms. The predicted molar refractivity (Wildman–Crippen MR) is 80.6 cm³/mol. The van der Waals surface area contributed by atoms with E-state index in [2.05, 4.69) is 15.1 Å². The number of aromatic carboxylic acids is 1. The van der Waals surface area contributed by atoms with Crippen molar-refractivity contribution in [3.63, 3.8) is 0 Å². The van der Waals surface area contributed by atoms with Gasteiger partial charge in [-0.05, 0) is 43.1 Å². The van der Waals surface area contributed by atoms with Gasteiger partial charge >= 0.3 is 5.97 Å². The molecule has 1 atom stereocenters. The van der Waals surface area contributed by atoms with Crippen LogP contribution in [0.3, 0.4) is 0 Å². The molecule has 1 saturated heterocycles. The zero-order chi connectivity index (χ0) is 15.5. The molecule has 1 fully saturated rings. The molecule has 22 heavy (non-hydrogen) atoms. The molecule has 3 rings (SSSR count). The van der Waals surface area contributed by atoms with E-state index in [0.29, 0.717) is 5.56 Å². The van der Waals surface area contributed by atoms with Crippen LogP contribution in [0, 0.1) is 0 Å². The minimum atomic E-state index is -0.914. The first-order valence-corrected chi connectivity index (χ1v) is 7.25. The summed E-state index contributed by atoms with van der Waals surface area (Å²) in [6.45, 7) is 1.71. The van der Waals surface area contributed by atoms with Crippen LogP contribution in [0.25, 0.3) is 0 Å². The lowest BCUT2D eigenvalue weighted by Crippen LogP contribution is -2.24. The number of hydrogen-bond acceptors (Lipinski definition) is 4. The Balaban J connectivity index is 1.74. The fourth-order valence-electron chi connectivity index (χ4n) is 2.88. The topological polar surface area (TPSA) is 86.3 Å². The minimum Gasteiger partial charge on any atom is -0.478 e. The van der Waals surface area contributed by atoms with Crippen LogP contribution in [0.4, 0.5) is 0 Å². The molecule has 114 valence electrons. The van der Waals surface area contributed by atoms with Gasteiger partial charge in [0, 0.05) is 12.6 Å². The van der Waals surface area contributed by atoms with Crippen LogP contribution in [0.15, 0.2) is 41.2 Å². The van der Waals surface area contributed by atoms with Crippen molar-refractivity contribution in [1.82, 2.24) is 15.1 Å². The molecule has 1 unspecified atom stereocenters.